The summed E-state index contributed by atoms with van der Waals surface area (Å²) >= 11 is 0. The maximum atomic E-state index is 12.1. The van der Waals surface area contributed by atoms with Gasteiger partial charge in [-0.2, -0.15) is 0 Å². The van der Waals surface area contributed by atoms with Crippen LogP contribution in [0.3, 0.4) is 0 Å². The lowest BCUT2D eigenvalue weighted by molar-refractivity contribution is 0.0641. The van der Waals surface area contributed by atoms with Gasteiger partial charge in [-0.1, -0.05) is 12.1 Å². The number of aliphatic hydroxyl groups excluding tert-OH is 1. The Morgan fingerprint density at radius 2 is 1.95 bits per heavy atom. The van der Waals surface area contributed by atoms with Crippen molar-refractivity contribution in [2.45, 2.75) is 31.3 Å². The van der Waals surface area contributed by atoms with Gasteiger partial charge in [-0.25, -0.2) is 0 Å². The minimum Gasteiger partial charge on any atom is -0.394 e. The van der Waals surface area contributed by atoms with Crippen LogP contribution in [0.1, 0.15) is 35.2 Å². The lowest BCUT2D eigenvalue weighted by Crippen LogP contribution is -2.56. The fraction of sp³-hybridized carbons (Fsp3) is 0.533. The van der Waals surface area contributed by atoms with Crippen LogP contribution in [0, 0.1) is 0 Å². The predicted molar refractivity (Wildman–Crippen MR) is 75.0 cm³/mol. The number of carbonyl (C=O) groups is 1. The van der Waals surface area contributed by atoms with Crippen LogP contribution in [-0.2, 0) is 6.54 Å². The first-order valence-electron chi connectivity index (χ1n) is 6.72. The van der Waals surface area contributed by atoms with Gasteiger partial charge >= 0.3 is 0 Å². The first-order chi connectivity index (χ1) is 9.04. The highest BCUT2D eigenvalue weighted by Gasteiger charge is 2.37. The zero-order valence-electron chi connectivity index (χ0n) is 11.6. The molecule has 0 saturated heterocycles. The van der Waals surface area contributed by atoms with Crippen molar-refractivity contribution in [3.63, 3.8) is 0 Å². The highest BCUT2D eigenvalue weighted by atomic mass is 16.3. The molecule has 19 heavy (non-hydrogen) atoms. The van der Waals surface area contributed by atoms with Crippen LogP contribution in [0.5, 0.6) is 0 Å². The summed E-state index contributed by atoms with van der Waals surface area (Å²) in [6, 6.07) is 7.64. The predicted octanol–water partition coefficient (Wildman–Crippen LogP) is 1.39. The van der Waals surface area contributed by atoms with Gasteiger partial charge in [-0.3, -0.25) is 4.79 Å². The van der Waals surface area contributed by atoms with Crippen LogP contribution in [0.2, 0.25) is 0 Å². The molecule has 0 atom stereocenters. The highest BCUT2D eigenvalue weighted by molar-refractivity contribution is 5.94. The number of amides is 1. The van der Waals surface area contributed by atoms with E-state index in [0.29, 0.717) is 5.56 Å². The molecule has 4 nitrogen and oxygen atoms in total. The molecule has 1 aliphatic carbocycles. The van der Waals surface area contributed by atoms with E-state index in [1.165, 1.54) is 5.56 Å². The lowest BCUT2D eigenvalue weighted by Gasteiger charge is -2.40. The fourth-order valence-corrected chi connectivity index (χ4v) is 2.37. The van der Waals surface area contributed by atoms with E-state index >= 15 is 0 Å². The Kier molecular flexibility index (Phi) is 4.22. The smallest absolute Gasteiger partial charge is 0.251 e. The normalized spacial score (nSPS) is 17.1. The molecule has 0 aliphatic heterocycles. The number of hydrogen-bond acceptors (Lipinski definition) is 3. The Labute approximate surface area is 114 Å². The third-order valence-electron chi connectivity index (χ3n) is 3.71. The van der Waals surface area contributed by atoms with Crippen molar-refractivity contribution in [1.82, 2.24) is 10.2 Å². The molecule has 2 N–H and O–H groups in total. The molecule has 0 heterocycles. The third-order valence-corrected chi connectivity index (χ3v) is 3.71. The van der Waals surface area contributed by atoms with Crippen molar-refractivity contribution in [1.29, 1.82) is 0 Å². The van der Waals surface area contributed by atoms with Gasteiger partial charge in [-0.05, 0) is 51.1 Å². The van der Waals surface area contributed by atoms with E-state index in [0.717, 1.165) is 25.8 Å². The van der Waals surface area contributed by atoms with Crippen molar-refractivity contribution < 1.29 is 9.90 Å². The lowest BCUT2D eigenvalue weighted by atomic mass is 9.77. The molecular formula is C15H22N2O2. The summed E-state index contributed by atoms with van der Waals surface area (Å²) in [4.78, 5) is 14.2. The van der Waals surface area contributed by atoms with Gasteiger partial charge in [0.05, 0.1) is 12.1 Å². The van der Waals surface area contributed by atoms with Gasteiger partial charge < -0.3 is 15.3 Å². The summed E-state index contributed by atoms with van der Waals surface area (Å²) in [6.07, 6.45) is 2.81. The molecule has 1 amide bonds. The van der Waals surface area contributed by atoms with Gasteiger partial charge in [0.15, 0.2) is 0 Å². The van der Waals surface area contributed by atoms with Crippen LogP contribution in [-0.4, -0.2) is 42.2 Å². The van der Waals surface area contributed by atoms with E-state index < -0.39 is 0 Å². The van der Waals surface area contributed by atoms with Gasteiger partial charge in [-0.15, -0.1) is 0 Å². The van der Waals surface area contributed by atoms with Crippen LogP contribution in [0.15, 0.2) is 24.3 Å². The Balaban J connectivity index is 1.99. The summed E-state index contributed by atoms with van der Waals surface area (Å²) in [7, 11) is 4.03. The monoisotopic (exact) mass is 262 g/mol. The Morgan fingerprint density at radius 3 is 2.37 bits per heavy atom. The van der Waals surface area contributed by atoms with E-state index in [9.17, 15) is 9.90 Å². The van der Waals surface area contributed by atoms with Gasteiger partial charge in [0.1, 0.15) is 0 Å². The van der Waals surface area contributed by atoms with Crippen LogP contribution < -0.4 is 5.32 Å². The summed E-state index contributed by atoms with van der Waals surface area (Å²) in [6.45, 7) is 0.889. The van der Waals surface area contributed by atoms with Gasteiger partial charge in [0.2, 0.25) is 0 Å². The molecule has 0 bridgehead atoms. The zero-order chi connectivity index (χ0) is 13.9. The third kappa shape index (κ3) is 3.33. The highest BCUT2D eigenvalue weighted by Crippen LogP contribution is 2.31. The average Bonchev–Trinajstić information content (AvgIpc) is 2.34. The molecule has 1 aliphatic rings. The second-order valence-corrected chi connectivity index (χ2v) is 5.68. The van der Waals surface area contributed by atoms with E-state index in [4.69, 9.17) is 0 Å². The molecule has 1 aromatic rings. The number of carbonyl (C=O) groups excluding carboxylic acids is 1. The molecule has 1 aromatic carbocycles. The number of hydrogen-bond donors (Lipinski definition) is 2. The number of rotatable bonds is 5. The summed E-state index contributed by atoms with van der Waals surface area (Å²) in [5, 5.41) is 12.3. The number of benzene rings is 1. The topological polar surface area (TPSA) is 52.6 Å². The first-order valence-corrected chi connectivity index (χ1v) is 6.72. The number of nitrogens with one attached hydrogen (secondary N) is 1. The summed E-state index contributed by atoms with van der Waals surface area (Å²) in [5.74, 6) is -0.0925. The molecule has 2 rings (SSSR count). The quantitative estimate of drug-likeness (QED) is 0.843. The molecule has 0 radical (unpaired) electrons. The average molecular weight is 262 g/mol. The summed E-state index contributed by atoms with van der Waals surface area (Å²) < 4.78 is 0. The molecule has 0 spiro atoms. The Bertz CT molecular complexity index is 430. The molecule has 0 aromatic heterocycles. The number of aliphatic hydroxyl groups is 1. The van der Waals surface area contributed by atoms with Crippen molar-refractivity contribution in [3.8, 4) is 0 Å². The summed E-state index contributed by atoms with van der Waals surface area (Å²) in [5.41, 5.74) is 1.46. The van der Waals surface area contributed by atoms with Crippen LogP contribution in [0.4, 0.5) is 0 Å². The molecule has 1 fully saturated rings. The van der Waals surface area contributed by atoms with E-state index in [1.807, 2.05) is 38.4 Å². The Hall–Kier alpha value is -1.39. The Morgan fingerprint density at radius 1 is 1.32 bits per heavy atom. The van der Waals surface area contributed by atoms with E-state index in [-0.39, 0.29) is 18.1 Å². The molecular weight excluding hydrogens is 240 g/mol. The SMILES string of the molecule is CN(C)Cc1ccc(C(=O)NC2(CO)CCC2)cc1. The molecule has 104 valence electrons. The van der Waals surface area contributed by atoms with Crippen molar-refractivity contribution in [2.24, 2.45) is 0 Å². The minimum absolute atomic E-state index is 0.0253. The first kappa shape index (κ1) is 14.0. The molecule has 0 unspecified atom stereocenters. The van der Waals surface area contributed by atoms with Gasteiger partial charge in [0.25, 0.3) is 5.91 Å². The second-order valence-electron chi connectivity index (χ2n) is 5.68. The van der Waals surface area contributed by atoms with Crippen molar-refractivity contribution in [3.05, 3.63) is 35.4 Å². The maximum Gasteiger partial charge on any atom is 0.251 e. The van der Waals surface area contributed by atoms with E-state index in [2.05, 4.69) is 10.2 Å². The number of nitrogens with zero attached hydrogens (tertiary/aromatic N) is 1. The zero-order valence-corrected chi connectivity index (χ0v) is 11.6. The van der Waals surface area contributed by atoms with Crippen molar-refractivity contribution >= 4 is 5.91 Å². The standard InChI is InChI=1S/C15H22N2O2/c1-17(2)10-12-4-6-13(7-5-12)14(19)16-15(11-18)8-3-9-15/h4-7,18H,3,8-11H2,1-2H3,(H,16,19). The largest absolute Gasteiger partial charge is 0.394 e. The van der Waals surface area contributed by atoms with Crippen LogP contribution in [0.25, 0.3) is 0 Å². The maximum absolute atomic E-state index is 12.1. The second kappa shape index (κ2) is 5.72. The minimum atomic E-state index is -0.376. The fourth-order valence-electron chi connectivity index (χ4n) is 2.37. The molecule has 4 heteroatoms. The van der Waals surface area contributed by atoms with Crippen molar-refractivity contribution in [2.75, 3.05) is 20.7 Å². The van der Waals surface area contributed by atoms with E-state index in [1.54, 1.807) is 0 Å². The van der Waals surface area contributed by atoms with Crippen LogP contribution >= 0.6 is 0 Å². The van der Waals surface area contributed by atoms with Gasteiger partial charge in [0, 0.05) is 12.1 Å². The molecule has 1 saturated carbocycles.